The quantitative estimate of drug-likeness (QED) is 0.370. The number of rotatable bonds is 6. The molecular weight excluding hydrogens is 402 g/mol. The second-order valence-corrected chi connectivity index (χ2v) is 6.83. The summed E-state index contributed by atoms with van der Waals surface area (Å²) < 4.78 is 10.5. The number of nitrogens with one attached hydrogen (secondary N) is 2. The molecule has 0 radical (unpaired) electrons. The van der Waals surface area contributed by atoms with Gasteiger partial charge in [-0.25, -0.2) is 0 Å². The van der Waals surface area contributed by atoms with Crippen LogP contribution in [-0.2, 0) is 0 Å². The van der Waals surface area contributed by atoms with Crippen molar-refractivity contribution in [1.82, 2.24) is 0 Å². The molecule has 1 amide bonds. The molecule has 0 saturated carbocycles. The number of hydrogen-bond donors (Lipinski definition) is 3. The largest absolute Gasteiger partial charge is 0.497 e. The Morgan fingerprint density at radius 3 is 2.22 bits per heavy atom. The van der Waals surface area contributed by atoms with Crippen LogP contribution in [0.5, 0.6) is 11.5 Å². The van der Waals surface area contributed by atoms with Gasteiger partial charge in [0.1, 0.15) is 11.5 Å². The fraction of sp³-hybridized carbons (Fsp3) is 0.115. The van der Waals surface area contributed by atoms with E-state index in [0.29, 0.717) is 29.4 Å². The molecule has 0 aromatic heterocycles. The lowest BCUT2D eigenvalue weighted by Crippen LogP contribution is -2.12. The third-order valence-corrected chi connectivity index (χ3v) is 4.75. The molecule has 4 rings (SSSR count). The highest BCUT2D eigenvalue weighted by Gasteiger charge is 2.11. The molecule has 164 valence electrons. The SMILES string of the molecule is COc1ccc(NC(=O)c2ccc3ccccc3c2)c(OC)c1.NCNc1ccccc1. The zero-order valence-corrected chi connectivity index (χ0v) is 18.2. The smallest absolute Gasteiger partial charge is 0.255 e. The van der Waals surface area contributed by atoms with Crippen LogP contribution < -0.4 is 25.8 Å². The van der Waals surface area contributed by atoms with Crippen LogP contribution in [-0.4, -0.2) is 26.8 Å². The van der Waals surface area contributed by atoms with Crippen molar-refractivity contribution in [2.75, 3.05) is 31.5 Å². The Bertz CT molecular complexity index is 1160. The van der Waals surface area contributed by atoms with Crippen LogP contribution in [0.1, 0.15) is 10.4 Å². The molecular formula is C26H27N3O3. The van der Waals surface area contributed by atoms with Gasteiger partial charge < -0.3 is 25.8 Å². The van der Waals surface area contributed by atoms with Gasteiger partial charge in [0.05, 0.1) is 26.6 Å². The van der Waals surface area contributed by atoms with Gasteiger partial charge >= 0.3 is 0 Å². The topological polar surface area (TPSA) is 85.6 Å². The van der Waals surface area contributed by atoms with Gasteiger partial charge in [-0.1, -0.05) is 48.5 Å². The van der Waals surface area contributed by atoms with Crippen LogP contribution in [0.4, 0.5) is 11.4 Å². The van der Waals surface area contributed by atoms with E-state index < -0.39 is 0 Å². The van der Waals surface area contributed by atoms with Crippen molar-refractivity contribution in [2.24, 2.45) is 5.73 Å². The van der Waals surface area contributed by atoms with Gasteiger partial charge in [0, 0.05) is 17.3 Å². The Morgan fingerprint density at radius 2 is 1.53 bits per heavy atom. The maximum absolute atomic E-state index is 12.5. The Morgan fingerprint density at radius 1 is 0.812 bits per heavy atom. The van der Waals surface area contributed by atoms with Crippen LogP contribution in [0.25, 0.3) is 10.8 Å². The molecule has 0 heterocycles. The van der Waals surface area contributed by atoms with Gasteiger partial charge in [-0.15, -0.1) is 0 Å². The average molecular weight is 430 g/mol. The van der Waals surface area contributed by atoms with Crippen molar-refractivity contribution in [3.8, 4) is 11.5 Å². The summed E-state index contributed by atoms with van der Waals surface area (Å²) in [6, 6.07) is 28.7. The minimum Gasteiger partial charge on any atom is -0.497 e. The van der Waals surface area contributed by atoms with Crippen molar-refractivity contribution >= 4 is 28.1 Å². The predicted octanol–water partition coefficient (Wildman–Crippen LogP) is 5.12. The number of methoxy groups -OCH3 is 2. The first kappa shape index (κ1) is 22.7. The van der Waals surface area contributed by atoms with Crippen LogP contribution in [0, 0.1) is 0 Å². The summed E-state index contributed by atoms with van der Waals surface area (Å²) in [4.78, 5) is 12.5. The number of ether oxygens (including phenoxy) is 2. The molecule has 0 atom stereocenters. The lowest BCUT2D eigenvalue weighted by molar-refractivity contribution is 0.102. The number of anilines is 2. The first-order valence-electron chi connectivity index (χ1n) is 10.2. The third kappa shape index (κ3) is 6.00. The molecule has 0 aliphatic carbocycles. The molecule has 0 unspecified atom stereocenters. The molecule has 6 nitrogen and oxygen atoms in total. The molecule has 6 heteroatoms. The van der Waals surface area contributed by atoms with Gasteiger partial charge in [0.2, 0.25) is 0 Å². The maximum atomic E-state index is 12.5. The van der Waals surface area contributed by atoms with Crippen molar-refractivity contribution in [3.05, 3.63) is 96.6 Å². The Labute approximate surface area is 188 Å². The van der Waals surface area contributed by atoms with Crippen molar-refractivity contribution in [3.63, 3.8) is 0 Å². The Kier molecular flexibility index (Phi) is 8.06. The van der Waals surface area contributed by atoms with E-state index in [9.17, 15) is 4.79 Å². The van der Waals surface area contributed by atoms with Gasteiger partial charge in [0.25, 0.3) is 5.91 Å². The van der Waals surface area contributed by atoms with Gasteiger partial charge in [-0.3, -0.25) is 4.79 Å². The van der Waals surface area contributed by atoms with Crippen molar-refractivity contribution < 1.29 is 14.3 Å². The minimum absolute atomic E-state index is 0.181. The maximum Gasteiger partial charge on any atom is 0.255 e. The predicted molar refractivity (Wildman–Crippen MR) is 131 cm³/mol. The van der Waals surface area contributed by atoms with Gasteiger partial charge in [0.15, 0.2) is 0 Å². The highest BCUT2D eigenvalue weighted by molar-refractivity contribution is 6.07. The molecule has 4 aromatic rings. The summed E-state index contributed by atoms with van der Waals surface area (Å²) in [5.74, 6) is 1.04. The molecule has 4 N–H and O–H groups in total. The molecule has 32 heavy (non-hydrogen) atoms. The number of hydrogen-bond acceptors (Lipinski definition) is 5. The Balaban J connectivity index is 0.000000269. The van der Waals surface area contributed by atoms with E-state index in [4.69, 9.17) is 15.2 Å². The molecule has 0 spiro atoms. The number of fused-ring (bicyclic) bond motifs is 1. The zero-order chi connectivity index (χ0) is 22.8. The number of carbonyl (C=O) groups excluding carboxylic acids is 1. The normalized spacial score (nSPS) is 9.97. The minimum atomic E-state index is -0.181. The van der Waals surface area contributed by atoms with Crippen LogP contribution >= 0.6 is 0 Å². The van der Waals surface area contributed by atoms with Gasteiger partial charge in [-0.05, 0) is 47.2 Å². The lowest BCUT2D eigenvalue weighted by Gasteiger charge is -2.12. The van der Waals surface area contributed by atoms with Crippen molar-refractivity contribution in [2.45, 2.75) is 0 Å². The molecule has 0 aliphatic heterocycles. The summed E-state index contributed by atoms with van der Waals surface area (Å²) >= 11 is 0. The molecule has 4 aromatic carbocycles. The van der Waals surface area contributed by atoms with E-state index in [-0.39, 0.29) is 5.91 Å². The second kappa shape index (κ2) is 11.4. The summed E-state index contributed by atoms with van der Waals surface area (Å²) in [5.41, 5.74) is 7.52. The van der Waals surface area contributed by atoms with E-state index in [0.717, 1.165) is 16.5 Å². The molecule has 0 aliphatic rings. The van der Waals surface area contributed by atoms with Crippen LogP contribution in [0.2, 0.25) is 0 Å². The highest BCUT2D eigenvalue weighted by Crippen LogP contribution is 2.29. The summed E-state index contributed by atoms with van der Waals surface area (Å²) in [5, 5.41) is 7.99. The van der Waals surface area contributed by atoms with E-state index in [1.54, 1.807) is 32.4 Å². The van der Waals surface area contributed by atoms with Crippen molar-refractivity contribution in [1.29, 1.82) is 0 Å². The first-order chi connectivity index (χ1) is 15.6. The molecule has 0 saturated heterocycles. The number of carbonyl (C=O) groups is 1. The van der Waals surface area contributed by atoms with E-state index in [1.807, 2.05) is 72.8 Å². The lowest BCUT2D eigenvalue weighted by atomic mass is 10.1. The van der Waals surface area contributed by atoms with Crippen LogP contribution in [0.3, 0.4) is 0 Å². The van der Waals surface area contributed by atoms with E-state index >= 15 is 0 Å². The Hall–Kier alpha value is -4.03. The van der Waals surface area contributed by atoms with Crippen LogP contribution in [0.15, 0.2) is 91.0 Å². The average Bonchev–Trinajstić information content (AvgIpc) is 2.85. The van der Waals surface area contributed by atoms with E-state index in [2.05, 4.69) is 10.6 Å². The van der Waals surface area contributed by atoms with E-state index in [1.165, 1.54) is 0 Å². The summed E-state index contributed by atoms with van der Waals surface area (Å²) in [6.07, 6.45) is 0. The molecule has 0 bridgehead atoms. The second-order valence-electron chi connectivity index (χ2n) is 6.83. The summed E-state index contributed by atoms with van der Waals surface area (Å²) in [7, 11) is 3.14. The summed E-state index contributed by atoms with van der Waals surface area (Å²) in [6.45, 7) is 0.490. The van der Waals surface area contributed by atoms with Gasteiger partial charge in [-0.2, -0.15) is 0 Å². The third-order valence-electron chi connectivity index (χ3n) is 4.75. The number of benzene rings is 4. The molecule has 0 fully saturated rings. The number of para-hydroxylation sites is 1. The number of nitrogens with two attached hydrogens (primary N) is 1. The standard InChI is InChI=1S/C19H17NO3.C7H10N2/c1-22-16-9-10-17(18(12-16)23-2)20-19(21)15-8-7-13-5-3-4-6-14(13)11-15;8-6-9-7-4-2-1-3-5-7/h3-12H,1-2H3,(H,20,21);1-5,9H,6,8H2. The monoisotopic (exact) mass is 429 g/mol. The highest BCUT2D eigenvalue weighted by atomic mass is 16.5. The fourth-order valence-corrected chi connectivity index (χ4v) is 3.10. The zero-order valence-electron chi connectivity index (χ0n) is 18.2. The fourth-order valence-electron chi connectivity index (χ4n) is 3.10. The first-order valence-corrected chi connectivity index (χ1v) is 10.2. The number of amides is 1.